The van der Waals surface area contributed by atoms with E-state index in [-0.39, 0.29) is 6.03 Å². The molecule has 1 fully saturated rings. The van der Waals surface area contributed by atoms with Crippen LogP contribution >= 0.6 is 0 Å². The number of amides is 2. The molecule has 2 heterocycles. The van der Waals surface area contributed by atoms with E-state index in [9.17, 15) is 4.79 Å². The Morgan fingerprint density at radius 3 is 2.35 bits per heavy atom. The van der Waals surface area contributed by atoms with Crippen molar-refractivity contribution in [3.05, 3.63) is 59.7 Å². The van der Waals surface area contributed by atoms with Gasteiger partial charge in [0.05, 0.1) is 12.6 Å². The maximum absolute atomic E-state index is 13.4. The van der Waals surface area contributed by atoms with E-state index >= 15 is 0 Å². The van der Waals surface area contributed by atoms with Crippen LogP contribution in [0.4, 0.5) is 16.2 Å². The molecule has 0 atom stereocenters. The number of rotatable bonds is 4. The van der Waals surface area contributed by atoms with Crippen LogP contribution in [-0.4, -0.2) is 55.7 Å². The van der Waals surface area contributed by atoms with Crippen molar-refractivity contribution in [1.82, 2.24) is 9.88 Å². The number of carbonyl (C=O) groups is 1. The molecule has 0 spiro atoms. The van der Waals surface area contributed by atoms with Gasteiger partial charge in [-0.2, -0.15) is 0 Å². The van der Waals surface area contributed by atoms with Crippen LogP contribution in [0.2, 0.25) is 0 Å². The van der Waals surface area contributed by atoms with Gasteiger partial charge in [-0.05, 0) is 56.2 Å². The summed E-state index contributed by atoms with van der Waals surface area (Å²) in [6.07, 6.45) is 0. The summed E-state index contributed by atoms with van der Waals surface area (Å²) in [6.45, 7) is 9.79. The molecule has 0 radical (unpaired) electrons. The fourth-order valence-electron chi connectivity index (χ4n) is 4.30. The molecule has 1 saturated heterocycles. The van der Waals surface area contributed by atoms with Crippen LogP contribution in [0.1, 0.15) is 18.1 Å². The van der Waals surface area contributed by atoms with Crippen LogP contribution in [0.15, 0.2) is 48.5 Å². The summed E-state index contributed by atoms with van der Waals surface area (Å²) in [5.74, 6) is 0.475. The molecular formula is C25H30N4O2. The summed E-state index contributed by atoms with van der Waals surface area (Å²) in [7, 11) is 1.60. The molecule has 1 aromatic heterocycles. The monoisotopic (exact) mass is 418 g/mol. The summed E-state index contributed by atoms with van der Waals surface area (Å²) in [5, 5.41) is 0.990. The molecule has 6 nitrogen and oxygen atoms in total. The van der Waals surface area contributed by atoms with Gasteiger partial charge in [-0.3, -0.25) is 4.90 Å². The van der Waals surface area contributed by atoms with E-state index in [4.69, 9.17) is 4.74 Å². The molecule has 162 valence electrons. The molecule has 4 rings (SSSR count). The maximum Gasteiger partial charge on any atom is 0.324 e. The molecule has 2 aromatic carbocycles. The number of fused-ring (bicyclic) bond motifs is 1. The first-order chi connectivity index (χ1) is 15.0. The number of urea groups is 1. The van der Waals surface area contributed by atoms with Crippen LogP contribution in [0, 0.1) is 13.8 Å². The Labute approximate surface area is 184 Å². The highest BCUT2D eigenvalue weighted by Gasteiger charge is 2.28. The molecule has 0 N–H and O–H groups in total. The van der Waals surface area contributed by atoms with E-state index < -0.39 is 0 Å². The van der Waals surface area contributed by atoms with Crippen LogP contribution in [0.5, 0.6) is 5.88 Å². The van der Waals surface area contributed by atoms with Crippen molar-refractivity contribution >= 4 is 28.3 Å². The maximum atomic E-state index is 13.4. The first kappa shape index (κ1) is 21.0. The lowest BCUT2D eigenvalue weighted by atomic mass is 10.1. The molecule has 0 unspecified atom stereocenters. The van der Waals surface area contributed by atoms with Crippen molar-refractivity contribution in [1.29, 1.82) is 0 Å². The van der Waals surface area contributed by atoms with Crippen LogP contribution < -0.4 is 14.5 Å². The minimum Gasteiger partial charge on any atom is -0.479 e. The van der Waals surface area contributed by atoms with Crippen molar-refractivity contribution in [3.63, 3.8) is 0 Å². The second-order valence-electron chi connectivity index (χ2n) is 8.06. The highest BCUT2D eigenvalue weighted by atomic mass is 16.5. The van der Waals surface area contributed by atoms with E-state index in [2.05, 4.69) is 41.9 Å². The van der Waals surface area contributed by atoms with Gasteiger partial charge in [0.2, 0.25) is 5.88 Å². The fraction of sp³-hybridized carbons (Fsp3) is 0.360. The highest BCUT2D eigenvalue weighted by Crippen LogP contribution is 2.31. The SMILES string of the molecule is CCN(C(=O)N1CCN(c2cc(C)cc(C)c2)CC1)c1cc2ccccc2nc1OC. The fourth-order valence-corrected chi connectivity index (χ4v) is 4.30. The lowest BCUT2D eigenvalue weighted by Gasteiger charge is -2.38. The number of piperazine rings is 1. The smallest absolute Gasteiger partial charge is 0.324 e. The Hall–Kier alpha value is -3.28. The van der Waals surface area contributed by atoms with E-state index in [0.29, 0.717) is 31.2 Å². The van der Waals surface area contributed by atoms with Gasteiger partial charge in [-0.25, -0.2) is 9.78 Å². The number of aryl methyl sites for hydroxylation is 2. The van der Waals surface area contributed by atoms with Gasteiger partial charge in [-0.15, -0.1) is 0 Å². The standard InChI is InChI=1S/C25H30N4O2/c1-5-29(23-17-20-8-6-7-9-22(20)26-24(23)31-4)25(30)28-12-10-27(11-13-28)21-15-18(2)14-19(3)16-21/h6-9,14-17H,5,10-13H2,1-4H3. The van der Waals surface area contributed by atoms with Gasteiger partial charge in [0.25, 0.3) is 0 Å². The number of hydrogen-bond donors (Lipinski definition) is 0. The molecule has 1 aliphatic rings. The van der Waals surface area contributed by atoms with Gasteiger partial charge >= 0.3 is 6.03 Å². The number of ether oxygens (including phenoxy) is 1. The Morgan fingerprint density at radius 2 is 1.71 bits per heavy atom. The van der Waals surface area contributed by atoms with Gasteiger partial charge in [0, 0.05) is 43.8 Å². The van der Waals surface area contributed by atoms with E-state index in [1.807, 2.05) is 42.2 Å². The Bertz CT molecular complexity index is 1070. The third kappa shape index (κ3) is 4.29. The summed E-state index contributed by atoms with van der Waals surface area (Å²) in [4.78, 5) is 24.1. The number of benzene rings is 2. The summed E-state index contributed by atoms with van der Waals surface area (Å²) >= 11 is 0. The largest absolute Gasteiger partial charge is 0.479 e. The number of aromatic nitrogens is 1. The van der Waals surface area contributed by atoms with E-state index in [1.165, 1.54) is 16.8 Å². The van der Waals surface area contributed by atoms with Crippen LogP contribution in [0.25, 0.3) is 10.9 Å². The van der Waals surface area contributed by atoms with E-state index in [0.717, 1.165) is 24.0 Å². The highest BCUT2D eigenvalue weighted by molar-refractivity contribution is 5.96. The van der Waals surface area contributed by atoms with Gasteiger partial charge in [0.1, 0.15) is 5.69 Å². The zero-order valence-electron chi connectivity index (χ0n) is 18.8. The van der Waals surface area contributed by atoms with Gasteiger partial charge in [-0.1, -0.05) is 24.3 Å². The first-order valence-corrected chi connectivity index (χ1v) is 10.8. The molecule has 0 aliphatic carbocycles. The van der Waals surface area contributed by atoms with E-state index in [1.54, 1.807) is 12.0 Å². The van der Waals surface area contributed by atoms with Crippen molar-refractivity contribution in [3.8, 4) is 5.88 Å². The predicted molar refractivity (Wildman–Crippen MR) is 126 cm³/mol. The Balaban J connectivity index is 1.53. The van der Waals surface area contributed by atoms with Crippen LogP contribution in [0.3, 0.4) is 0 Å². The molecule has 3 aromatic rings. The molecule has 6 heteroatoms. The van der Waals surface area contributed by atoms with Crippen molar-refractivity contribution in [2.24, 2.45) is 0 Å². The molecule has 31 heavy (non-hydrogen) atoms. The number of anilines is 2. The quantitative estimate of drug-likeness (QED) is 0.620. The molecule has 2 amide bonds. The number of carbonyl (C=O) groups excluding carboxylic acids is 1. The van der Waals surface area contributed by atoms with Gasteiger partial charge in [0.15, 0.2) is 0 Å². The number of pyridine rings is 1. The lowest BCUT2D eigenvalue weighted by molar-refractivity contribution is 0.201. The topological polar surface area (TPSA) is 48.9 Å². The number of para-hydroxylation sites is 1. The second kappa shape index (κ2) is 8.84. The normalized spacial score (nSPS) is 14.1. The predicted octanol–water partition coefficient (Wildman–Crippen LogP) is 4.63. The second-order valence-corrected chi connectivity index (χ2v) is 8.06. The lowest BCUT2D eigenvalue weighted by Crippen LogP contribution is -2.53. The number of hydrogen-bond acceptors (Lipinski definition) is 4. The minimum absolute atomic E-state index is 0.00189. The number of methoxy groups -OCH3 is 1. The minimum atomic E-state index is -0.00189. The third-order valence-electron chi connectivity index (χ3n) is 5.82. The summed E-state index contributed by atoms with van der Waals surface area (Å²) < 4.78 is 5.54. The summed E-state index contributed by atoms with van der Waals surface area (Å²) in [6, 6.07) is 16.5. The third-order valence-corrected chi connectivity index (χ3v) is 5.82. The average molecular weight is 419 g/mol. The Morgan fingerprint density at radius 1 is 1.03 bits per heavy atom. The van der Waals surface area contributed by atoms with Crippen molar-refractivity contribution < 1.29 is 9.53 Å². The number of nitrogens with zero attached hydrogens (tertiary/aromatic N) is 4. The summed E-state index contributed by atoms with van der Waals surface area (Å²) in [5.41, 5.74) is 5.33. The zero-order chi connectivity index (χ0) is 22.0. The van der Waals surface area contributed by atoms with Crippen molar-refractivity contribution in [2.75, 3.05) is 49.6 Å². The molecular weight excluding hydrogens is 388 g/mol. The zero-order valence-corrected chi connectivity index (χ0v) is 18.8. The average Bonchev–Trinajstić information content (AvgIpc) is 2.78. The molecule has 1 aliphatic heterocycles. The van der Waals surface area contributed by atoms with Gasteiger partial charge < -0.3 is 14.5 Å². The van der Waals surface area contributed by atoms with Crippen LogP contribution in [-0.2, 0) is 0 Å². The molecule has 0 saturated carbocycles. The Kier molecular flexibility index (Phi) is 5.98. The molecule has 0 bridgehead atoms. The van der Waals surface area contributed by atoms with Crippen molar-refractivity contribution in [2.45, 2.75) is 20.8 Å². The first-order valence-electron chi connectivity index (χ1n) is 10.8.